The predicted octanol–water partition coefficient (Wildman–Crippen LogP) is 5.06. The van der Waals surface area contributed by atoms with Crippen molar-refractivity contribution in [1.82, 2.24) is 0 Å². The molecule has 1 aliphatic heterocycles. The van der Waals surface area contributed by atoms with Gasteiger partial charge in [0.15, 0.2) is 0 Å². The maximum atomic E-state index is 5.95. The summed E-state index contributed by atoms with van der Waals surface area (Å²) in [6.45, 7) is 2.08. The molecule has 14 heavy (non-hydrogen) atoms. The van der Waals surface area contributed by atoms with Gasteiger partial charge >= 0.3 is 0 Å². The van der Waals surface area contributed by atoms with Gasteiger partial charge in [-0.1, -0.05) is 0 Å². The van der Waals surface area contributed by atoms with Crippen LogP contribution in [0.5, 0.6) is 0 Å². The molecule has 0 atom stereocenters. The molecule has 2 N–H and O–H groups in total. The first kappa shape index (κ1) is 13.1. The van der Waals surface area contributed by atoms with Crippen LogP contribution in [-0.2, 0) is 0 Å². The summed E-state index contributed by atoms with van der Waals surface area (Å²) in [6, 6.07) is 4.23. The Labute approximate surface area is 108 Å². The van der Waals surface area contributed by atoms with Gasteiger partial charge in [0, 0.05) is 10.6 Å². The van der Waals surface area contributed by atoms with Crippen molar-refractivity contribution in [3.63, 3.8) is 0 Å². The summed E-state index contributed by atoms with van der Waals surface area (Å²) in [5.74, 6) is 0. The maximum absolute atomic E-state index is 5.95. The Kier molecular flexibility index (Phi) is 5.59. The number of fused-ring (bicyclic) bond motifs is 1. The summed E-state index contributed by atoms with van der Waals surface area (Å²) in [4.78, 5) is 2.52. The molecule has 1 aliphatic rings. The minimum absolute atomic E-state index is 0. The molecule has 0 saturated heterocycles. The second-order valence-corrected chi connectivity index (χ2v) is 10.0. The van der Waals surface area contributed by atoms with Crippen molar-refractivity contribution in [2.45, 2.75) is 16.7 Å². The summed E-state index contributed by atoms with van der Waals surface area (Å²) in [5.41, 5.74) is 8.09. The molecule has 1 heterocycles. The summed E-state index contributed by atoms with van der Waals surface area (Å²) in [7, 11) is 8.91. The van der Waals surface area contributed by atoms with E-state index in [4.69, 9.17) is 5.73 Å². The molecule has 0 saturated carbocycles. The zero-order valence-electron chi connectivity index (χ0n) is 7.18. The van der Waals surface area contributed by atoms with Crippen LogP contribution in [0.1, 0.15) is 5.56 Å². The van der Waals surface area contributed by atoms with Crippen LogP contribution in [0.4, 0.5) is 5.69 Å². The van der Waals surface area contributed by atoms with Crippen molar-refractivity contribution in [2.24, 2.45) is 0 Å². The Morgan fingerprint density at radius 3 is 2.57 bits per heavy atom. The number of anilines is 1. The third-order valence-electron chi connectivity index (χ3n) is 1.52. The van der Waals surface area contributed by atoms with Crippen LogP contribution in [0.2, 0.25) is 0 Å². The summed E-state index contributed by atoms with van der Waals surface area (Å²) >= 11 is 0. The van der Waals surface area contributed by atoms with Crippen molar-refractivity contribution >= 4 is 69.2 Å². The highest BCUT2D eigenvalue weighted by Gasteiger charge is 2.14. The minimum atomic E-state index is 0. The zero-order valence-corrected chi connectivity index (χ0v) is 12.1. The van der Waals surface area contributed by atoms with E-state index < -0.39 is 0 Å². The quantitative estimate of drug-likeness (QED) is 0.532. The lowest BCUT2D eigenvalue weighted by atomic mass is 10.2. The number of nitrogen functional groups attached to an aromatic ring is 1. The van der Waals surface area contributed by atoms with E-state index >= 15 is 0 Å². The van der Waals surface area contributed by atoms with E-state index in [2.05, 4.69) is 13.0 Å². The Bertz CT molecular complexity index is 332. The predicted molar refractivity (Wildman–Crippen MR) is 77.3 cm³/mol. The number of nitrogens with two attached hydrogens (primary N) is 1. The second-order valence-electron chi connectivity index (χ2n) is 2.55. The fourth-order valence-corrected chi connectivity index (χ4v) is 10.1. The van der Waals surface area contributed by atoms with E-state index in [9.17, 15) is 0 Å². The average Bonchev–Trinajstić information content (AvgIpc) is 2.28. The number of hydrogen-bond acceptors (Lipinski definition) is 6. The first-order valence-electron chi connectivity index (χ1n) is 3.52. The first-order chi connectivity index (χ1) is 6.27. The number of benzene rings is 1. The van der Waals surface area contributed by atoms with E-state index in [1.165, 1.54) is 15.4 Å². The molecule has 1 nitrogen and oxygen atoms in total. The summed E-state index contributed by atoms with van der Waals surface area (Å²) in [5, 5.41) is 0. The van der Waals surface area contributed by atoms with Crippen LogP contribution >= 0.6 is 63.5 Å². The minimum Gasteiger partial charge on any atom is -0.398 e. The molecule has 0 unspecified atom stereocenters. The third kappa shape index (κ3) is 3.02. The standard InChI is InChI=1S/C7H7NS5.ClH/c1-4-2-5(8)7-6(3-4)9-11-13-12-10-7;/h2-3H,8H2,1H3;1H. The molecule has 0 fully saturated rings. The lowest BCUT2D eigenvalue weighted by Gasteiger charge is -2.07. The van der Waals surface area contributed by atoms with E-state index in [0.29, 0.717) is 0 Å². The second kappa shape index (κ2) is 5.96. The lowest BCUT2D eigenvalue weighted by Crippen LogP contribution is -1.90. The molecule has 0 aliphatic carbocycles. The molecule has 78 valence electrons. The Morgan fingerprint density at radius 1 is 1.07 bits per heavy atom. The van der Waals surface area contributed by atoms with Crippen LogP contribution in [-0.4, -0.2) is 0 Å². The van der Waals surface area contributed by atoms with Gasteiger partial charge in [0.2, 0.25) is 0 Å². The van der Waals surface area contributed by atoms with Crippen molar-refractivity contribution in [3.05, 3.63) is 17.7 Å². The van der Waals surface area contributed by atoms with E-state index in [0.717, 1.165) is 5.69 Å². The van der Waals surface area contributed by atoms with Gasteiger partial charge < -0.3 is 5.73 Å². The van der Waals surface area contributed by atoms with Gasteiger partial charge in [-0.15, -0.1) is 12.4 Å². The van der Waals surface area contributed by atoms with E-state index in [1.54, 1.807) is 51.1 Å². The van der Waals surface area contributed by atoms with Gasteiger partial charge in [0.1, 0.15) is 0 Å². The van der Waals surface area contributed by atoms with Gasteiger partial charge in [-0.3, -0.25) is 0 Å². The molecular weight excluding hydrogens is 294 g/mol. The van der Waals surface area contributed by atoms with Crippen LogP contribution in [0.3, 0.4) is 0 Å². The topological polar surface area (TPSA) is 26.0 Å². The number of halogens is 1. The highest BCUT2D eigenvalue weighted by atomic mass is 35.5. The summed E-state index contributed by atoms with van der Waals surface area (Å²) < 4.78 is 0. The molecule has 0 amide bonds. The highest BCUT2D eigenvalue weighted by molar-refractivity contribution is 9.36. The van der Waals surface area contributed by atoms with E-state index in [-0.39, 0.29) is 12.4 Å². The smallest absolute Gasteiger partial charge is 0.0566 e. The van der Waals surface area contributed by atoms with Crippen molar-refractivity contribution in [2.75, 3.05) is 5.73 Å². The fraction of sp³-hybridized carbons (Fsp3) is 0.143. The van der Waals surface area contributed by atoms with Crippen molar-refractivity contribution in [3.8, 4) is 0 Å². The van der Waals surface area contributed by atoms with Crippen molar-refractivity contribution in [1.29, 1.82) is 0 Å². The molecule has 2 rings (SSSR count). The van der Waals surface area contributed by atoms with Gasteiger partial charge in [-0.25, -0.2) is 0 Å². The molecule has 0 spiro atoms. The van der Waals surface area contributed by atoms with Crippen LogP contribution in [0, 0.1) is 6.92 Å². The molecule has 0 bridgehead atoms. The number of aryl methyl sites for hydroxylation is 1. The van der Waals surface area contributed by atoms with Crippen LogP contribution in [0.15, 0.2) is 21.9 Å². The third-order valence-corrected chi connectivity index (χ3v) is 10.0. The number of hydrogen-bond donors (Lipinski definition) is 1. The lowest BCUT2D eigenvalue weighted by molar-refractivity contribution is 1.23. The Morgan fingerprint density at radius 2 is 1.79 bits per heavy atom. The average molecular weight is 302 g/mol. The molecule has 0 aromatic heterocycles. The van der Waals surface area contributed by atoms with Gasteiger partial charge in [-0.2, -0.15) is 0 Å². The van der Waals surface area contributed by atoms with Crippen LogP contribution < -0.4 is 5.73 Å². The monoisotopic (exact) mass is 301 g/mol. The molecule has 1 aromatic carbocycles. The normalized spacial score (nSPS) is 15.2. The highest BCUT2D eigenvalue weighted by Crippen LogP contribution is 2.60. The van der Waals surface area contributed by atoms with E-state index in [1.807, 2.05) is 6.07 Å². The molecule has 1 aromatic rings. The zero-order chi connectivity index (χ0) is 9.26. The largest absolute Gasteiger partial charge is 0.398 e. The summed E-state index contributed by atoms with van der Waals surface area (Å²) in [6.07, 6.45) is 0. The number of rotatable bonds is 0. The van der Waals surface area contributed by atoms with Gasteiger partial charge in [0.05, 0.1) is 4.90 Å². The molecule has 0 radical (unpaired) electrons. The molecular formula is C7H8ClNS5. The first-order valence-corrected chi connectivity index (χ1v) is 9.67. The van der Waals surface area contributed by atoms with Gasteiger partial charge in [0.25, 0.3) is 0 Å². The maximum Gasteiger partial charge on any atom is 0.0566 e. The Balaban J connectivity index is 0.000000980. The fourth-order valence-electron chi connectivity index (χ4n) is 1.03. The van der Waals surface area contributed by atoms with Gasteiger partial charge in [-0.05, 0) is 75.7 Å². The van der Waals surface area contributed by atoms with Crippen molar-refractivity contribution < 1.29 is 0 Å². The van der Waals surface area contributed by atoms with Crippen LogP contribution in [0.25, 0.3) is 0 Å². The Hall–Kier alpha value is 1.06. The SMILES string of the molecule is Cc1cc(N)c2c(c1)SSSSS2.Cl. The molecule has 7 heteroatoms.